The molecular weight excluding hydrogens is 302 g/mol. The maximum Gasteiger partial charge on any atom is 0.410 e. The van der Waals surface area contributed by atoms with Crippen molar-refractivity contribution in [2.45, 2.75) is 59.5 Å². The minimum Gasteiger partial charge on any atom is -0.494 e. The number of hydrogen-bond donors (Lipinski definition) is 0. The van der Waals surface area contributed by atoms with Crippen LogP contribution in [-0.2, 0) is 4.74 Å². The van der Waals surface area contributed by atoms with Gasteiger partial charge >= 0.3 is 6.09 Å². The topological polar surface area (TPSA) is 38.8 Å². The van der Waals surface area contributed by atoms with E-state index < -0.39 is 5.60 Å². The molecule has 1 amide bonds. The fraction of sp³-hybridized carbons (Fsp3) is 0.650. The number of carbonyl (C=O) groups excluding carboxylic acids is 1. The van der Waals surface area contributed by atoms with Gasteiger partial charge in [-0.3, -0.25) is 0 Å². The predicted octanol–water partition coefficient (Wildman–Crippen LogP) is 5.13. The summed E-state index contributed by atoms with van der Waals surface area (Å²) in [6.45, 7) is 12.0. The molecule has 0 spiro atoms. The lowest BCUT2D eigenvalue weighted by molar-refractivity contribution is 0.0177. The molecule has 4 nitrogen and oxygen atoms in total. The fourth-order valence-corrected chi connectivity index (χ4v) is 2.59. The quantitative estimate of drug-likeness (QED) is 0.766. The average Bonchev–Trinajstić information content (AvgIpc) is 2.57. The second kappa shape index (κ2) is 10.2. The Hall–Kier alpha value is -1.71. The first-order valence-corrected chi connectivity index (χ1v) is 9.10. The summed E-state index contributed by atoms with van der Waals surface area (Å²) in [5.41, 5.74) is -0.419. The Kier molecular flexibility index (Phi) is 8.66. The highest BCUT2D eigenvalue weighted by Crippen LogP contribution is 2.22. The van der Waals surface area contributed by atoms with Crippen LogP contribution in [-0.4, -0.2) is 36.3 Å². The fourth-order valence-electron chi connectivity index (χ4n) is 2.59. The van der Waals surface area contributed by atoms with Crippen LogP contribution in [0.2, 0.25) is 0 Å². The molecule has 24 heavy (non-hydrogen) atoms. The van der Waals surface area contributed by atoms with Gasteiger partial charge in [0.15, 0.2) is 0 Å². The number of hydrogen-bond acceptors (Lipinski definition) is 3. The van der Waals surface area contributed by atoms with Gasteiger partial charge in [-0.05, 0) is 58.1 Å². The van der Waals surface area contributed by atoms with Crippen LogP contribution in [0, 0.1) is 5.92 Å². The summed E-state index contributed by atoms with van der Waals surface area (Å²) in [6, 6.07) is 9.90. The number of ether oxygens (including phenoxy) is 2. The zero-order chi connectivity index (χ0) is 18.0. The van der Waals surface area contributed by atoms with Crippen LogP contribution in [0.15, 0.2) is 30.3 Å². The van der Waals surface area contributed by atoms with Gasteiger partial charge in [0.1, 0.15) is 11.4 Å². The summed E-state index contributed by atoms with van der Waals surface area (Å²) in [5, 5.41) is 0. The lowest BCUT2D eigenvalue weighted by atomic mass is 9.94. The number of rotatable bonds is 4. The van der Waals surface area contributed by atoms with Gasteiger partial charge in [0, 0.05) is 13.1 Å². The molecule has 0 aliphatic carbocycles. The highest BCUT2D eigenvalue weighted by atomic mass is 16.6. The Balaban J connectivity index is 0.00000139. The molecule has 1 aromatic carbocycles. The first kappa shape index (κ1) is 20.3. The van der Waals surface area contributed by atoms with Crippen molar-refractivity contribution >= 4 is 6.09 Å². The number of carbonyl (C=O) groups is 1. The molecule has 1 aliphatic heterocycles. The van der Waals surface area contributed by atoms with E-state index in [1.807, 2.05) is 69.9 Å². The number of likely N-dealkylation sites (tertiary alicyclic amines) is 1. The maximum absolute atomic E-state index is 12.0. The van der Waals surface area contributed by atoms with E-state index in [2.05, 4.69) is 0 Å². The minimum absolute atomic E-state index is 0.188. The molecule has 2 rings (SSSR count). The van der Waals surface area contributed by atoms with E-state index in [4.69, 9.17) is 9.47 Å². The molecule has 0 unspecified atom stereocenters. The molecule has 1 aliphatic rings. The third-order valence-corrected chi connectivity index (χ3v) is 3.80. The maximum atomic E-state index is 12.0. The van der Waals surface area contributed by atoms with E-state index in [1.54, 1.807) is 0 Å². The normalized spacial score (nSPS) is 15.3. The van der Waals surface area contributed by atoms with Crippen molar-refractivity contribution in [1.29, 1.82) is 0 Å². The van der Waals surface area contributed by atoms with Gasteiger partial charge < -0.3 is 14.4 Å². The number of benzene rings is 1. The van der Waals surface area contributed by atoms with Crippen LogP contribution in [0.1, 0.15) is 53.9 Å². The highest BCUT2D eigenvalue weighted by molar-refractivity contribution is 5.68. The molecule has 0 N–H and O–H groups in total. The Morgan fingerprint density at radius 2 is 1.71 bits per heavy atom. The lowest BCUT2D eigenvalue weighted by Gasteiger charge is -2.33. The van der Waals surface area contributed by atoms with Gasteiger partial charge in [-0.1, -0.05) is 32.0 Å². The van der Waals surface area contributed by atoms with Gasteiger partial charge in [0.2, 0.25) is 0 Å². The molecule has 0 atom stereocenters. The van der Waals surface area contributed by atoms with Crippen LogP contribution in [0.25, 0.3) is 0 Å². The molecule has 136 valence electrons. The first-order valence-electron chi connectivity index (χ1n) is 9.10. The zero-order valence-corrected chi connectivity index (χ0v) is 15.9. The van der Waals surface area contributed by atoms with Crippen molar-refractivity contribution in [3.63, 3.8) is 0 Å². The molecule has 0 bridgehead atoms. The summed E-state index contributed by atoms with van der Waals surface area (Å²) in [7, 11) is 0. The van der Waals surface area contributed by atoms with E-state index in [0.29, 0.717) is 5.92 Å². The summed E-state index contributed by atoms with van der Waals surface area (Å²) in [5.74, 6) is 1.55. The van der Waals surface area contributed by atoms with E-state index in [1.165, 1.54) is 0 Å². The monoisotopic (exact) mass is 335 g/mol. The smallest absolute Gasteiger partial charge is 0.410 e. The minimum atomic E-state index is -0.419. The molecule has 1 fully saturated rings. The van der Waals surface area contributed by atoms with Crippen molar-refractivity contribution in [2.75, 3.05) is 19.7 Å². The summed E-state index contributed by atoms with van der Waals surface area (Å²) in [6.07, 6.45) is 2.90. The van der Waals surface area contributed by atoms with Gasteiger partial charge in [-0.25, -0.2) is 4.79 Å². The van der Waals surface area contributed by atoms with Crippen LogP contribution in [0.3, 0.4) is 0 Å². The molecule has 1 saturated heterocycles. The van der Waals surface area contributed by atoms with Crippen molar-refractivity contribution < 1.29 is 14.3 Å². The highest BCUT2D eigenvalue weighted by Gasteiger charge is 2.26. The van der Waals surface area contributed by atoms with Gasteiger partial charge in [0.25, 0.3) is 0 Å². The van der Waals surface area contributed by atoms with Crippen molar-refractivity contribution in [3.8, 4) is 5.75 Å². The lowest BCUT2D eigenvalue weighted by Crippen LogP contribution is -2.41. The third kappa shape index (κ3) is 7.71. The van der Waals surface area contributed by atoms with Gasteiger partial charge in [0.05, 0.1) is 6.61 Å². The summed E-state index contributed by atoms with van der Waals surface area (Å²) < 4.78 is 11.2. The number of piperidine rings is 1. The Bertz CT molecular complexity index is 460. The first-order chi connectivity index (χ1) is 11.4. The van der Waals surface area contributed by atoms with Gasteiger partial charge in [-0.15, -0.1) is 0 Å². The van der Waals surface area contributed by atoms with Crippen LogP contribution < -0.4 is 4.74 Å². The third-order valence-electron chi connectivity index (χ3n) is 3.80. The Morgan fingerprint density at radius 3 is 2.25 bits per heavy atom. The Labute approximate surface area is 147 Å². The molecule has 0 radical (unpaired) electrons. The van der Waals surface area contributed by atoms with E-state index in [0.717, 1.165) is 44.7 Å². The second-order valence-electron chi connectivity index (χ2n) is 6.86. The molecule has 0 aromatic heterocycles. The summed E-state index contributed by atoms with van der Waals surface area (Å²) in [4.78, 5) is 13.8. The Morgan fingerprint density at radius 1 is 1.12 bits per heavy atom. The van der Waals surface area contributed by atoms with Crippen molar-refractivity contribution in [1.82, 2.24) is 4.90 Å². The molecule has 1 heterocycles. The van der Waals surface area contributed by atoms with Crippen LogP contribution in [0.5, 0.6) is 5.75 Å². The zero-order valence-electron chi connectivity index (χ0n) is 15.9. The number of nitrogens with zero attached hydrogens (tertiary/aromatic N) is 1. The average molecular weight is 335 g/mol. The number of amides is 1. The van der Waals surface area contributed by atoms with Crippen LogP contribution >= 0.6 is 0 Å². The van der Waals surface area contributed by atoms with Crippen molar-refractivity contribution in [3.05, 3.63) is 30.3 Å². The molecule has 4 heteroatoms. The second-order valence-corrected chi connectivity index (χ2v) is 6.86. The van der Waals surface area contributed by atoms with Crippen molar-refractivity contribution in [2.24, 2.45) is 5.92 Å². The molecule has 0 saturated carbocycles. The molecule has 1 aromatic rings. The predicted molar refractivity (Wildman–Crippen MR) is 98.4 cm³/mol. The SMILES string of the molecule is CC.CC(C)(C)OC(=O)N1CCC(CCOc2ccccc2)CC1. The standard InChI is InChI=1S/C18H27NO3.C2H6/c1-18(2,3)22-17(20)19-12-9-15(10-13-19)11-14-21-16-7-5-4-6-8-16;1-2/h4-8,15H,9-14H2,1-3H3;1-2H3. The van der Waals surface area contributed by atoms with Crippen LogP contribution in [0.4, 0.5) is 4.79 Å². The van der Waals surface area contributed by atoms with E-state index >= 15 is 0 Å². The van der Waals surface area contributed by atoms with E-state index in [-0.39, 0.29) is 6.09 Å². The number of para-hydroxylation sites is 1. The summed E-state index contributed by atoms with van der Waals surface area (Å²) >= 11 is 0. The van der Waals surface area contributed by atoms with Gasteiger partial charge in [-0.2, -0.15) is 0 Å². The van der Waals surface area contributed by atoms with E-state index in [9.17, 15) is 4.79 Å². The largest absolute Gasteiger partial charge is 0.494 e. The molecular formula is C20H33NO3.